The number of anilines is 1. The minimum atomic E-state index is -0.00123. The zero-order chi connectivity index (χ0) is 25.2. The van der Waals surface area contributed by atoms with Crippen LogP contribution in [0.15, 0.2) is 37.2 Å². The Balaban J connectivity index is 1.15. The van der Waals surface area contributed by atoms with Crippen LogP contribution in [0.25, 0.3) is 11.3 Å². The minimum Gasteiger partial charge on any atom is -0.351 e. The molecular weight excluding hydrogens is 488 g/mol. The van der Waals surface area contributed by atoms with E-state index in [9.17, 15) is 0 Å². The molecule has 2 saturated carbocycles. The van der Waals surface area contributed by atoms with E-state index in [1.807, 2.05) is 42.7 Å². The van der Waals surface area contributed by atoms with Gasteiger partial charge in [-0.2, -0.15) is 15.3 Å². The van der Waals surface area contributed by atoms with Crippen LogP contribution in [0.5, 0.6) is 0 Å². The van der Waals surface area contributed by atoms with Crippen molar-refractivity contribution < 1.29 is 0 Å². The summed E-state index contributed by atoms with van der Waals surface area (Å²) in [5.41, 5.74) is 5.34. The highest BCUT2D eigenvalue weighted by Crippen LogP contribution is 2.37. The molecule has 0 aromatic carbocycles. The Morgan fingerprint density at radius 3 is 2.49 bits per heavy atom. The first kappa shape index (κ1) is 24.1. The van der Waals surface area contributed by atoms with E-state index < -0.39 is 0 Å². The van der Waals surface area contributed by atoms with Crippen molar-refractivity contribution in [3.8, 4) is 11.3 Å². The molecule has 0 aliphatic heterocycles. The van der Waals surface area contributed by atoms with Gasteiger partial charge in [0.25, 0.3) is 0 Å². The number of hydrogen-bond donors (Lipinski definition) is 4. The smallest absolute Gasteiger partial charge is 0.223 e. The SMILES string of the molecule is Cn1ncc(-c2nc(NC3CCC(Cc4cn[nH]c4)(NCc4cn[nH]c4)CC3)ncc2Cl)c1CC1CC1. The molecule has 0 bridgehead atoms. The van der Waals surface area contributed by atoms with Crippen molar-refractivity contribution in [1.82, 2.24) is 45.5 Å². The lowest BCUT2D eigenvalue weighted by Crippen LogP contribution is -2.51. The Labute approximate surface area is 221 Å². The Morgan fingerprint density at radius 1 is 1.03 bits per heavy atom. The van der Waals surface area contributed by atoms with E-state index >= 15 is 0 Å². The van der Waals surface area contributed by atoms with Gasteiger partial charge in [-0.05, 0) is 62.8 Å². The normalized spacial score (nSPS) is 21.8. The van der Waals surface area contributed by atoms with Gasteiger partial charge in [0.05, 0.1) is 35.5 Å². The molecule has 4 N–H and O–H groups in total. The molecule has 0 unspecified atom stereocenters. The molecule has 11 heteroatoms. The standard InChI is InChI=1S/C26H33ClN10/c1-37-23(8-17-2-3-17)21(15-34-37)24-22(27)16-28-25(36-24)35-20-4-6-26(7-5-20,9-18-11-30-31-12-18)29-10-19-13-32-33-14-19/h11-17,20,29H,2-10H2,1H3,(H,30,31)(H,32,33)(H,28,35,36). The quantitative estimate of drug-likeness (QED) is 0.248. The first-order valence-corrected chi connectivity index (χ1v) is 13.5. The summed E-state index contributed by atoms with van der Waals surface area (Å²) in [6, 6.07) is 0.294. The van der Waals surface area contributed by atoms with Crippen LogP contribution in [0.3, 0.4) is 0 Å². The van der Waals surface area contributed by atoms with Crippen molar-refractivity contribution in [2.24, 2.45) is 13.0 Å². The lowest BCUT2D eigenvalue weighted by molar-refractivity contribution is 0.217. The third-order valence-corrected chi connectivity index (χ3v) is 8.11. The van der Waals surface area contributed by atoms with Gasteiger partial charge in [0.1, 0.15) is 0 Å². The van der Waals surface area contributed by atoms with Crippen molar-refractivity contribution in [3.63, 3.8) is 0 Å². The van der Waals surface area contributed by atoms with Crippen molar-refractivity contribution in [2.75, 3.05) is 5.32 Å². The van der Waals surface area contributed by atoms with Gasteiger partial charge in [0.15, 0.2) is 0 Å². The Hall–Kier alpha value is -3.24. The first-order chi connectivity index (χ1) is 18.1. The van der Waals surface area contributed by atoms with Crippen LogP contribution in [-0.2, 0) is 26.4 Å². The minimum absolute atomic E-state index is 0.00123. The summed E-state index contributed by atoms with van der Waals surface area (Å²) in [6.45, 7) is 0.782. The van der Waals surface area contributed by atoms with Crippen molar-refractivity contribution in [1.29, 1.82) is 0 Å². The largest absolute Gasteiger partial charge is 0.351 e. The maximum Gasteiger partial charge on any atom is 0.223 e. The monoisotopic (exact) mass is 520 g/mol. The zero-order valence-electron chi connectivity index (χ0n) is 21.0. The summed E-state index contributed by atoms with van der Waals surface area (Å²) in [7, 11) is 1.99. The second-order valence-corrected chi connectivity index (χ2v) is 11.0. The molecule has 2 aliphatic carbocycles. The average Bonchev–Trinajstić information content (AvgIpc) is 3.25. The number of aromatic nitrogens is 8. The molecule has 0 radical (unpaired) electrons. The Bertz CT molecular complexity index is 1300. The summed E-state index contributed by atoms with van der Waals surface area (Å²) in [5.74, 6) is 1.37. The van der Waals surface area contributed by atoms with E-state index in [1.165, 1.54) is 24.1 Å². The molecule has 4 aromatic heterocycles. The van der Waals surface area contributed by atoms with Crippen LogP contribution in [-0.4, -0.2) is 51.7 Å². The van der Waals surface area contributed by atoms with Gasteiger partial charge in [-0.15, -0.1) is 0 Å². The Kier molecular flexibility index (Phi) is 6.69. The van der Waals surface area contributed by atoms with Gasteiger partial charge in [-0.3, -0.25) is 14.9 Å². The van der Waals surface area contributed by atoms with E-state index in [1.54, 1.807) is 6.20 Å². The van der Waals surface area contributed by atoms with Crippen LogP contribution in [0.1, 0.15) is 55.3 Å². The Morgan fingerprint density at radius 2 is 1.78 bits per heavy atom. The van der Waals surface area contributed by atoms with Crippen LogP contribution in [0, 0.1) is 5.92 Å². The number of halogens is 1. The molecule has 10 nitrogen and oxygen atoms in total. The van der Waals surface area contributed by atoms with Crippen LogP contribution >= 0.6 is 11.6 Å². The van der Waals surface area contributed by atoms with Crippen LogP contribution < -0.4 is 10.6 Å². The number of H-pyrrole nitrogens is 2. The van der Waals surface area contributed by atoms with E-state index in [0.29, 0.717) is 17.0 Å². The molecule has 194 valence electrons. The van der Waals surface area contributed by atoms with Crippen LogP contribution in [0.2, 0.25) is 5.02 Å². The number of hydrogen-bond acceptors (Lipinski definition) is 7. The van der Waals surface area contributed by atoms with E-state index in [-0.39, 0.29) is 5.54 Å². The summed E-state index contributed by atoms with van der Waals surface area (Å²) in [4.78, 5) is 9.38. The molecular formula is C26H33ClN10. The zero-order valence-corrected chi connectivity index (χ0v) is 21.8. The molecule has 2 aliphatic rings. The number of nitrogens with zero attached hydrogens (tertiary/aromatic N) is 6. The fraction of sp³-hybridized carbons (Fsp3) is 0.500. The predicted molar refractivity (Wildman–Crippen MR) is 142 cm³/mol. The van der Waals surface area contributed by atoms with Gasteiger partial charge >= 0.3 is 0 Å². The topological polar surface area (TPSA) is 125 Å². The molecule has 2 fully saturated rings. The average molecular weight is 521 g/mol. The second kappa shape index (κ2) is 10.3. The fourth-order valence-corrected chi connectivity index (χ4v) is 5.66. The van der Waals surface area contributed by atoms with Crippen LogP contribution in [0.4, 0.5) is 5.95 Å². The van der Waals surface area contributed by atoms with E-state index in [0.717, 1.165) is 67.8 Å². The molecule has 0 saturated heterocycles. The molecule has 4 aromatic rings. The van der Waals surface area contributed by atoms with Gasteiger partial charge in [0, 0.05) is 54.4 Å². The summed E-state index contributed by atoms with van der Waals surface area (Å²) in [6.07, 6.45) is 19.9. The molecule has 0 amide bonds. The number of aryl methyl sites for hydroxylation is 1. The highest BCUT2D eigenvalue weighted by molar-refractivity contribution is 6.32. The maximum absolute atomic E-state index is 6.58. The third-order valence-electron chi connectivity index (χ3n) is 7.84. The highest BCUT2D eigenvalue weighted by Gasteiger charge is 2.36. The summed E-state index contributed by atoms with van der Waals surface area (Å²) < 4.78 is 1.95. The number of rotatable bonds is 10. The summed E-state index contributed by atoms with van der Waals surface area (Å²) in [5, 5.41) is 26.6. The first-order valence-electron chi connectivity index (χ1n) is 13.1. The lowest BCUT2D eigenvalue weighted by atomic mass is 9.76. The molecule has 4 heterocycles. The van der Waals surface area contributed by atoms with E-state index in [2.05, 4.69) is 41.1 Å². The van der Waals surface area contributed by atoms with Crippen molar-refractivity contribution in [2.45, 2.75) is 69.5 Å². The number of aromatic amines is 2. The maximum atomic E-state index is 6.58. The van der Waals surface area contributed by atoms with Gasteiger partial charge < -0.3 is 10.6 Å². The molecule has 37 heavy (non-hydrogen) atoms. The summed E-state index contributed by atoms with van der Waals surface area (Å²) >= 11 is 6.58. The third kappa shape index (κ3) is 5.55. The predicted octanol–water partition coefficient (Wildman–Crippen LogP) is 4.06. The highest BCUT2D eigenvalue weighted by atomic mass is 35.5. The molecule has 0 spiro atoms. The van der Waals surface area contributed by atoms with Crippen molar-refractivity contribution in [3.05, 3.63) is 59.0 Å². The molecule has 0 atom stereocenters. The van der Waals surface area contributed by atoms with Gasteiger partial charge in [-0.1, -0.05) is 11.6 Å². The number of nitrogens with one attached hydrogen (secondary N) is 4. The lowest BCUT2D eigenvalue weighted by Gasteiger charge is -2.41. The second-order valence-electron chi connectivity index (χ2n) is 10.6. The van der Waals surface area contributed by atoms with Gasteiger partial charge in [0.2, 0.25) is 5.95 Å². The van der Waals surface area contributed by atoms with Gasteiger partial charge in [-0.25, -0.2) is 9.97 Å². The fourth-order valence-electron chi connectivity index (χ4n) is 5.47. The molecule has 6 rings (SSSR count). The van der Waals surface area contributed by atoms with E-state index in [4.69, 9.17) is 16.6 Å². The van der Waals surface area contributed by atoms with Crippen molar-refractivity contribution >= 4 is 17.5 Å².